The molecule has 1 N–H and O–H groups in total. The number of benzene rings is 1. The molecule has 2 aliphatic heterocycles. The third-order valence-electron chi connectivity index (χ3n) is 6.03. The number of carbonyl (C=O) groups is 2. The lowest BCUT2D eigenvalue weighted by molar-refractivity contribution is -0.136. The van der Waals surface area contributed by atoms with Crippen LogP contribution in [0.2, 0.25) is 0 Å². The number of halogens is 1. The Hall–Kier alpha value is -2.05. The van der Waals surface area contributed by atoms with Crippen molar-refractivity contribution in [2.45, 2.75) is 37.3 Å². The van der Waals surface area contributed by atoms with Gasteiger partial charge in [0.1, 0.15) is 11.9 Å². The fourth-order valence-electron chi connectivity index (χ4n) is 4.53. The van der Waals surface area contributed by atoms with Crippen molar-refractivity contribution in [3.8, 4) is 5.75 Å². The molecule has 6 nitrogen and oxygen atoms in total. The number of Topliss-reactive ketones (excluding diaryl/α,β-unsaturated/α-hetero) is 1. The van der Waals surface area contributed by atoms with Crippen LogP contribution in [0.15, 0.2) is 35.6 Å². The van der Waals surface area contributed by atoms with E-state index in [0.29, 0.717) is 37.1 Å². The number of methoxy groups -OCH3 is 1. The monoisotopic (exact) mass is 405 g/mol. The minimum absolute atomic E-state index is 0.0644. The van der Waals surface area contributed by atoms with Crippen LogP contribution in [0.25, 0.3) is 0 Å². The topological polar surface area (TPSA) is 76.1 Å². The minimum atomic E-state index is -0.591. The van der Waals surface area contributed by atoms with Gasteiger partial charge in [-0.15, -0.1) is 11.6 Å². The van der Waals surface area contributed by atoms with Crippen molar-refractivity contribution < 1.29 is 24.2 Å². The van der Waals surface area contributed by atoms with Crippen LogP contribution in [0, 0.1) is 11.8 Å². The number of aromatic hydroxyl groups is 1. The quantitative estimate of drug-likeness (QED) is 0.779. The molecule has 28 heavy (non-hydrogen) atoms. The van der Waals surface area contributed by atoms with E-state index in [0.717, 1.165) is 0 Å². The zero-order valence-corrected chi connectivity index (χ0v) is 16.7. The van der Waals surface area contributed by atoms with Crippen molar-refractivity contribution in [2.24, 2.45) is 11.8 Å². The highest BCUT2D eigenvalue weighted by molar-refractivity contribution is 6.21. The average molecular weight is 406 g/mol. The molecule has 0 bridgehead atoms. The summed E-state index contributed by atoms with van der Waals surface area (Å²) < 4.78 is 11.3. The van der Waals surface area contributed by atoms with Crippen molar-refractivity contribution in [3.05, 3.63) is 41.2 Å². The summed E-state index contributed by atoms with van der Waals surface area (Å²) in [5.41, 5.74) is 1.06. The molecule has 150 valence electrons. The highest BCUT2D eigenvalue weighted by atomic mass is 35.5. The number of amides is 1. The van der Waals surface area contributed by atoms with Crippen molar-refractivity contribution in [3.63, 3.8) is 0 Å². The highest BCUT2D eigenvalue weighted by Gasteiger charge is 2.53. The van der Waals surface area contributed by atoms with E-state index >= 15 is 0 Å². The van der Waals surface area contributed by atoms with Gasteiger partial charge in [0, 0.05) is 19.0 Å². The van der Waals surface area contributed by atoms with Gasteiger partial charge >= 0.3 is 0 Å². The van der Waals surface area contributed by atoms with Gasteiger partial charge < -0.3 is 19.5 Å². The van der Waals surface area contributed by atoms with E-state index in [2.05, 4.69) is 0 Å². The van der Waals surface area contributed by atoms with Gasteiger partial charge in [0.15, 0.2) is 11.5 Å². The van der Waals surface area contributed by atoms with Crippen LogP contribution in [0.4, 0.5) is 0 Å². The van der Waals surface area contributed by atoms with Crippen molar-refractivity contribution in [1.29, 1.82) is 0 Å². The van der Waals surface area contributed by atoms with E-state index in [1.54, 1.807) is 36.3 Å². The molecule has 1 aromatic carbocycles. The van der Waals surface area contributed by atoms with Crippen LogP contribution in [0.5, 0.6) is 5.75 Å². The summed E-state index contributed by atoms with van der Waals surface area (Å²) in [6, 6.07) is 6.06. The Labute approximate surface area is 169 Å². The van der Waals surface area contributed by atoms with Crippen LogP contribution in [0.1, 0.15) is 31.4 Å². The van der Waals surface area contributed by atoms with E-state index in [1.165, 1.54) is 0 Å². The molecule has 2 heterocycles. The molecule has 0 saturated heterocycles. The molecule has 1 aliphatic carbocycles. The second-order valence-electron chi connectivity index (χ2n) is 7.82. The van der Waals surface area contributed by atoms with Gasteiger partial charge in [-0.05, 0) is 36.5 Å². The maximum atomic E-state index is 13.5. The second kappa shape index (κ2) is 7.41. The first-order valence-corrected chi connectivity index (χ1v) is 10.0. The first-order valence-electron chi connectivity index (χ1n) is 9.60. The zero-order valence-electron chi connectivity index (χ0n) is 15.9. The zero-order chi connectivity index (χ0) is 20.0. The number of nitrogens with zero attached hydrogens (tertiary/aromatic N) is 1. The molecular formula is C21H24ClNO5. The number of hydrogen-bond acceptors (Lipinski definition) is 5. The molecule has 1 amide bonds. The lowest BCUT2D eigenvalue weighted by atomic mass is 9.74. The van der Waals surface area contributed by atoms with Gasteiger partial charge in [-0.2, -0.15) is 0 Å². The number of rotatable bonds is 4. The summed E-state index contributed by atoms with van der Waals surface area (Å²) in [6.07, 6.45) is 0.887. The summed E-state index contributed by atoms with van der Waals surface area (Å²) >= 11 is 6.44. The fourth-order valence-corrected chi connectivity index (χ4v) is 4.82. The minimum Gasteiger partial charge on any atom is -0.508 e. The Bertz CT molecular complexity index is 838. The first kappa shape index (κ1) is 19.3. The number of hydrogen-bond donors (Lipinski definition) is 1. The van der Waals surface area contributed by atoms with Crippen LogP contribution in [-0.4, -0.2) is 53.4 Å². The van der Waals surface area contributed by atoms with E-state index in [4.69, 9.17) is 21.1 Å². The van der Waals surface area contributed by atoms with Crippen molar-refractivity contribution in [2.75, 3.05) is 20.3 Å². The van der Waals surface area contributed by atoms with E-state index < -0.39 is 6.04 Å². The normalized spacial score (nSPS) is 32.2. The Kier molecular flexibility index (Phi) is 5.10. The van der Waals surface area contributed by atoms with Crippen LogP contribution in [0.3, 0.4) is 0 Å². The largest absolute Gasteiger partial charge is 0.508 e. The van der Waals surface area contributed by atoms with Crippen LogP contribution >= 0.6 is 11.6 Å². The molecule has 1 fully saturated rings. The third kappa shape index (κ3) is 3.08. The lowest BCUT2D eigenvalue weighted by Crippen LogP contribution is -2.44. The van der Waals surface area contributed by atoms with Crippen molar-refractivity contribution in [1.82, 2.24) is 4.90 Å². The summed E-state index contributed by atoms with van der Waals surface area (Å²) in [7, 11) is 1.56. The number of ketones is 1. The Morgan fingerprint density at radius 1 is 1.32 bits per heavy atom. The predicted octanol–water partition coefficient (Wildman–Crippen LogP) is 2.80. The molecule has 3 aliphatic rings. The number of alkyl halides is 1. The maximum Gasteiger partial charge on any atom is 0.290 e. The molecule has 1 saturated carbocycles. The van der Waals surface area contributed by atoms with Crippen LogP contribution < -0.4 is 0 Å². The molecule has 4 rings (SSSR count). The Balaban J connectivity index is 1.76. The van der Waals surface area contributed by atoms with Gasteiger partial charge in [-0.1, -0.05) is 19.1 Å². The summed E-state index contributed by atoms with van der Waals surface area (Å²) in [6.45, 7) is 2.70. The predicted molar refractivity (Wildman–Crippen MR) is 103 cm³/mol. The molecule has 5 atom stereocenters. The third-order valence-corrected chi connectivity index (χ3v) is 6.64. The summed E-state index contributed by atoms with van der Waals surface area (Å²) in [5.74, 6) is -0.248. The summed E-state index contributed by atoms with van der Waals surface area (Å²) in [5, 5.41) is 9.85. The van der Waals surface area contributed by atoms with Crippen LogP contribution in [-0.2, 0) is 19.1 Å². The highest BCUT2D eigenvalue weighted by Crippen LogP contribution is 2.48. The van der Waals surface area contributed by atoms with E-state index in [-0.39, 0.29) is 46.5 Å². The Morgan fingerprint density at radius 3 is 2.82 bits per heavy atom. The molecule has 0 spiro atoms. The van der Waals surface area contributed by atoms with Gasteiger partial charge in [-0.25, -0.2) is 0 Å². The standard InChI is InChI=1S/C21H24ClNO5/c1-11-8-16-14(10-15(11)22)19(25)17-18(12-4-3-5-13(24)9-12)23(6-7-27-2)21(26)20(17)28-16/h3-5,9,11,14-16,18,24H,6-8,10H2,1-2H3. The molecular weight excluding hydrogens is 382 g/mol. The molecule has 1 aromatic rings. The SMILES string of the molecule is COCCN1C(=O)C2=C(C(=O)C3CC(Cl)C(C)CC3O2)C1c1cccc(O)c1. The van der Waals surface area contributed by atoms with E-state index in [9.17, 15) is 14.7 Å². The number of phenols is 1. The molecule has 0 radical (unpaired) electrons. The number of fused-ring (bicyclic) bond motifs is 1. The number of ether oxygens (including phenoxy) is 2. The lowest BCUT2D eigenvalue weighted by Gasteiger charge is -2.40. The molecule has 5 unspecified atom stereocenters. The number of phenolic OH excluding ortho intramolecular Hbond substituents is 1. The molecule has 0 aromatic heterocycles. The maximum absolute atomic E-state index is 13.5. The van der Waals surface area contributed by atoms with Gasteiger partial charge in [0.2, 0.25) is 0 Å². The van der Waals surface area contributed by atoms with Gasteiger partial charge in [0.25, 0.3) is 5.91 Å². The Morgan fingerprint density at radius 2 is 2.11 bits per heavy atom. The average Bonchev–Trinajstić information content (AvgIpc) is 2.94. The smallest absolute Gasteiger partial charge is 0.290 e. The summed E-state index contributed by atoms with van der Waals surface area (Å²) in [4.78, 5) is 28.2. The van der Waals surface area contributed by atoms with Gasteiger partial charge in [-0.3, -0.25) is 9.59 Å². The number of carbonyl (C=O) groups excluding carboxylic acids is 2. The fraction of sp³-hybridized carbons (Fsp3) is 0.524. The molecule has 7 heteroatoms. The van der Waals surface area contributed by atoms with Gasteiger partial charge in [0.05, 0.1) is 24.1 Å². The first-order chi connectivity index (χ1) is 13.4. The second-order valence-corrected chi connectivity index (χ2v) is 8.38. The van der Waals surface area contributed by atoms with Crippen molar-refractivity contribution >= 4 is 23.3 Å². The van der Waals surface area contributed by atoms with E-state index in [1.807, 2.05) is 6.92 Å².